The fourth-order valence-electron chi connectivity index (χ4n) is 4.56. The summed E-state index contributed by atoms with van der Waals surface area (Å²) in [6.07, 6.45) is 0. The third-order valence-corrected chi connectivity index (χ3v) is 7.28. The van der Waals surface area contributed by atoms with E-state index in [2.05, 4.69) is 48.0 Å². The van der Waals surface area contributed by atoms with Crippen molar-refractivity contribution in [3.8, 4) is 0 Å². The molecule has 1 N–H and O–H groups in total. The number of nitrogens with zero attached hydrogens (tertiary/aromatic N) is 3. The maximum atomic E-state index is 13.1. The lowest BCUT2D eigenvalue weighted by Gasteiger charge is -2.41. The number of anilines is 1. The first-order chi connectivity index (χ1) is 16.4. The Morgan fingerprint density at radius 1 is 1.09 bits per heavy atom. The van der Waals surface area contributed by atoms with Crippen molar-refractivity contribution < 1.29 is 4.79 Å². The van der Waals surface area contributed by atoms with Crippen molar-refractivity contribution in [2.24, 2.45) is 0 Å². The molecule has 3 heterocycles. The van der Waals surface area contributed by atoms with Crippen molar-refractivity contribution in [1.82, 2.24) is 14.5 Å². The first-order valence-corrected chi connectivity index (χ1v) is 12.2. The van der Waals surface area contributed by atoms with Crippen LogP contribution in [0.15, 0.2) is 69.6 Å². The average Bonchev–Trinajstić information content (AvgIpc) is 3.30. The second kappa shape index (κ2) is 8.95. The molecule has 1 saturated heterocycles. The zero-order chi connectivity index (χ0) is 23.8. The smallest absolute Gasteiger partial charge is 0.329 e. The van der Waals surface area contributed by atoms with Crippen LogP contribution in [-0.2, 0) is 6.54 Å². The predicted molar refractivity (Wildman–Crippen MR) is 136 cm³/mol. The van der Waals surface area contributed by atoms with E-state index in [-0.39, 0.29) is 24.1 Å². The van der Waals surface area contributed by atoms with E-state index in [4.69, 9.17) is 0 Å². The highest BCUT2D eigenvalue weighted by molar-refractivity contribution is 7.17. The molecule has 0 unspecified atom stereocenters. The normalized spacial score (nSPS) is 16.2. The number of aromatic nitrogens is 2. The standard InChI is InChI=1S/C26H26N4O3S/c1-17-4-3-5-21(14-17)29-12-11-28(15-18(29)2)24(31)20-8-6-19(7-9-20)16-30-25(32)23-22(10-13-34-23)27-26(30)33/h3-10,13-14,18H,11-12,15-16H2,1-2H3,(H,27,33)/t18-/m1/s1. The SMILES string of the molecule is Cc1cccc(N2CCN(C(=O)c3ccc(Cn4c(=O)[nH]c5ccsc5c4=O)cc3)C[C@H]2C)c1. The lowest BCUT2D eigenvalue weighted by molar-refractivity contribution is 0.0726. The number of aromatic amines is 1. The zero-order valence-corrected chi connectivity index (χ0v) is 20.0. The molecule has 0 radical (unpaired) electrons. The number of H-pyrrole nitrogens is 1. The fourth-order valence-corrected chi connectivity index (χ4v) is 5.36. The van der Waals surface area contributed by atoms with Crippen LogP contribution in [0.2, 0.25) is 0 Å². The van der Waals surface area contributed by atoms with E-state index in [1.165, 1.54) is 27.2 Å². The number of rotatable bonds is 4. The fraction of sp³-hybridized carbons (Fsp3) is 0.269. The van der Waals surface area contributed by atoms with Crippen molar-refractivity contribution in [2.75, 3.05) is 24.5 Å². The van der Waals surface area contributed by atoms with Crippen LogP contribution in [0.5, 0.6) is 0 Å². The molecule has 1 fully saturated rings. The number of benzene rings is 2. The van der Waals surface area contributed by atoms with E-state index in [1.807, 2.05) is 17.0 Å². The molecule has 34 heavy (non-hydrogen) atoms. The van der Waals surface area contributed by atoms with Crippen LogP contribution in [0, 0.1) is 6.92 Å². The molecule has 2 aromatic heterocycles. The Balaban J connectivity index is 1.28. The van der Waals surface area contributed by atoms with Gasteiger partial charge in [0.1, 0.15) is 4.70 Å². The average molecular weight is 475 g/mol. The van der Waals surface area contributed by atoms with Crippen LogP contribution in [0.4, 0.5) is 5.69 Å². The quantitative estimate of drug-likeness (QED) is 0.491. The Kier molecular flexibility index (Phi) is 5.83. The van der Waals surface area contributed by atoms with Crippen molar-refractivity contribution in [2.45, 2.75) is 26.4 Å². The summed E-state index contributed by atoms with van der Waals surface area (Å²) < 4.78 is 1.73. The molecule has 0 saturated carbocycles. The maximum absolute atomic E-state index is 13.1. The summed E-state index contributed by atoms with van der Waals surface area (Å²) in [5, 5.41) is 1.79. The van der Waals surface area contributed by atoms with Gasteiger partial charge in [0, 0.05) is 36.9 Å². The highest BCUT2D eigenvalue weighted by Gasteiger charge is 2.27. The number of hydrogen-bond donors (Lipinski definition) is 1. The molecule has 4 aromatic rings. The summed E-state index contributed by atoms with van der Waals surface area (Å²) in [5.41, 5.74) is 3.64. The molecule has 5 rings (SSSR count). The number of hydrogen-bond acceptors (Lipinski definition) is 5. The van der Waals surface area contributed by atoms with Crippen LogP contribution in [0.3, 0.4) is 0 Å². The second-order valence-corrected chi connectivity index (χ2v) is 9.73. The van der Waals surface area contributed by atoms with Crippen LogP contribution in [0.25, 0.3) is 10.2 Å². The van der Waals surface area contributed by atoms with Crippen LogP contribution < -0.4 is 16.1 Å². The van der Waals surface area contributed by atoms with E-state index < -0.39 is 5.69 Å². The van der Waals surface area contributed by atoms with Crippen molar-refractivity contribution in [3.05, 3.63) is 97.5 Å². The summed E-state index contributed by atoms with van der Waals surface area (Å²) >= 11 is 1.31. The molecule has 0 spiro atoms. The molecule has 8 heteroatoms. The Hall–Kier alpha value is -3.65. The van der Waals surface area contributed by atoms with Gasteiger partial charge in [0.05, 0.1) is 12.1 Å². The van der Waals surface area contributed by atoms with Gasteiger partial charge in [-0.2, -0.15) is 0 Å². The molecule has 1 atom stereocenters. The van der Waals surface area contributed by atoms with Crippen LogP contribution in [-0.4, -0.2) is 46.0 Å². The number of fused-ring (bicyclic) bond motifs is 1. The van der Waals surface area contributed by atoms with Gasteiger partial charge in [0.25, 0.3) is 11.5 Å². The van der Waals surface area contributed by atoms with Crippen molar-refractivity contribution in [3.63, 3.8) is 0 Å². The lowest BCUT2D eigenvalue weighted by atomic mass is 10.1. The van der Waals surface area contributed by atoms with Crippen molar-refractivity contribution in [1.29, 1.82) is 0 Å². The Bertz CT molecular complexity index is 1470. The summed E-state index contributed by atoms with van der Waals surface area (Å²) in [7, 11) is 0. The number of thiophene rings is 1. The van der Waals surface area contributed by atoms with E-state index in [1.54, 1.807) is 23.6 Å². The highest BCUT2D eigenvalue weighted by Crippen LogP contribution is 2.22. The Morgan fingerprint density at radius 2 is 1.88 bits per heavy atom. The summed E-state index contributed by atoms with van der Waals surface area (Å²) in [6, 6.07) is 17.6. The number of carbonyl (C=O) groups is 1. The Labute approximate surface area is 200 Å². The van der Waals surface area contributed by atoms with Crippen molar-refractivity contribution >= 4 is 33.1 Å². The molecule has 2 aromatic carbocycles. The molecule has 0 aliphatic carbocycles. The summed E-state index contributed by atoms with van der Waals surface area (Å²) in [5.74, 6) is -0.00249. The molecule has 1 amide bonds. The number of piperazine rings is 1. The monoisotopic (exact) mass is 474 g/mol. The van der Waals surface area contributed by atoms with E-state index in [0.717, 1.165) is 12.1 Å². The third kappa shape index (κ3) is 4.17. The molecular weight excluding hydrogens is 448 g/mol. The van der Waals surface area contributed by atoms with Gasteiger partial charge < -0.3 is 14.8 Å². The molecular formula is C26H26N4O3S. The topological polar surface area (TPSA) is 78.4 Å². The van der Waals surface area contributed by atoms with Gasteiger partial charge >= 0.3 is 5.69 Å². The van der Waals surface area contributed by atoms with Gasteiger partial charge in [-0.1, -0.05) is 24.3 Å². The van der Waals surface area contributed by atoms with Gasteiger partial charge in [0.2, 0.25) is 0 Å². The molecule has 1 aliphatic heterocycles. The lowest BCUT2D eigenvalue weighted by Crippen LogP contribution is -2.53. The minimum absolute atomic E-state index is 0.00249. The van der Waals surface area contributed by atoms with E-state index in [0.29, 0.717) is 28.9 Å². The van der Waals surface area contributed by atoms with E-state index in [9.17, 15) is 14.4 Å². The first kappa shape index (κ1) is 22.2. The minimum Gasteiger partial charge on any atom is -0.365 e. The van der Waals surface area contributed by atoms with Crippen LogP contribution in [0.1, 0.15) is 28.4 Å². The zero-order valence-electron chi connectivity index (χ0n) is 19.2. The van der Waals surface area contributed by atoms with Gasteiger partial charge in [-0.25, -0.2) is 4.79 Å². The Morgan fingerprint density at radius 3 is 2.62 bits per heavy atom. The predicted octanol–water partition coefficient (Wildman–Crippen LogP) is 3.46. The number of amides is 1. The minimum atomic E-state index is -0.434. The largest absolute Gasteiger partial charge is 0.365 e. The van der Waals surface area contributed by atoms with Crippen LogP contribution >= 0.6 is 11.3 Å². The first-order valence-electron chi connectivity index (χ1n) is 11.3. The number of aryl methyl sites for hydroxylation is 1. The van der Waals surface area contributed by atoms with E-state index >= 15 is 0 Å². The molecule has 0 bridgehead atoms. The number of nitrogens with one attached hydrogen (secondary N) is 1. The molecule has 7 nitrogen and oxygen atoms in total. The maximum Gasteiger partial charge on any atom is 0.329 e. The number of carbonyl (C=O) groups excluding carboxylic acids is 1. The molecule has 1 aliphatic rings. The van der Waals surface area contributed by atoms with Gasteiger partial charge in [-0.3, -0.25) is 14.2 Å². The highest BCUT2D eigenvalue weighted by atomic mass is 32.1. The van der Waals surface area contributed by atoms with Gasteiger partial charge in [0.15, 0.2) is 0 Å². The molecule has 174 valence electrons. The van der Waals surface area contributed by atoms with Gasteiger partial charge in [-0.05, 0) is 60.7 Å². The summed E-state index contributed by atoms with van der Waals surface area (Å²) in [4.78, 5) is 45.2. The second-order valence-electron chi connectivity index (χ2n) is 8.81. The third-order valence-electron chi connectivity index (χ3n) is 6.38. The summed E-state index contributed by atoms with van der Waals surface area (Å²) in [6.45, 7) is 6.48. The van der Waals surface area contributed by atoms with Gasteiger partial charge in [-0.15, -0.1) is 11.3 Å².